The molecule has 2 aromatic heterocycles. The molecule has 0 fully saturated rings. The van der Waals surface area contributed by atoms with Crippen LogP contribution in [-0.4, -0.2) is 40.3 Å². The van der Waals surface area contributed by atoms with E-state index in [4.69, 9.17) is 0 Å². The van der Waals surface area contributed by atoms with Crippen LogP contribution >= 0.6 is 0 Å². The summed E-state index contributed by atoms with van der Waals surface area (Å²) in [5.41, 5.74) is 2.06. The summed E-state index contributed by atoms with van der Waals surface area (Å²) in [6.07, 6.45) is 2.33. The van der Waals surface area contributed by atoms with E-state index in [9.17, 15) is 9.59 Å². The summed E-state index contributed by atoms with van der Waals surface area (Å²) in [7, 11) is 1.35. The van der Waals surface area contributed by atoms with Crippen LogP contribution in [0.2, 0.25) is 0 Å². The maximum atomic E-state index is 12.3. The smallest absolute Gasteiger partial charge is 0.305 e. The molecule has 134 valence electrons. The molecule has 0 saturated carbocycles. The molecule has 0 aliphatic rings. The van der Waals surface area contributed by atoms with Gasteiger partial charge in [-0.3, -0.25) is 9.59 Å². The second-order valence-electron chi connectivity index (χ2n) is 5.85. The SMILES string of the molecule is COC(=O)CCCNC(=O)c1cnn(-c2ccc3ccccc3n2)c1C. The largest absolute Gasteiger partial charge is 0.469 e. The first-order valence-corrected chi connectivity index (χ1v) is 8.36. The predicted octanol–water partition coefficient (Wildman–Crippen LogP) is 2.41. The van der Waals surface area contributed by atoms with Gasteiger partial charge in [0.1, 0.15) is 0 Å². The number of rotatable bonds is 6. The molecule has 0 saturated heterocycles. The number of carbonyl (C=O) groups excluding carboxylic acids is 2. The van der Waals surface area contributed by atoms with Gasteiger partial charge in [0.15, 0.2) is 5.82 Å². The number of para-hydroxylation sites is 1. The molecule has 0 aliphatic heterocycles. The Morgan fingerprint density at radius 2 is 2.00 bits per heavy atom. The monoisotopic (exact) mass is 352 g/mol. The Kier molecular flexibility index (Phi) is 5.26. The number of ether oxygens (including phenoxy) is 1. The minimum absolute atomic E-state index is 0.223. The van der Waals surface area contributed by atoms with Gasteiger partial charge in [0.2, 0.25) is 0 Å². The lowest BCUT2D eigenvalue weighted by molar-refractivity contribution is -0.140. The van der Waals surface area contributed by atoms with Crippen molar-refractivity contribution in [2.24, 2.45) is 0 Å². The lowest BCUT2D eigenvalue weighted by Crippen LogP contribution is -2.25. The molecule has 1 amide bonds. The molecule has 3 rings (SSSR count). The Balaban J connectivity index is 1.72. The van der Waals surface area contributed by atoms with Crippen LogP contribution in [0.1, 0.15) is 28.9 Å². The Bertz CT molecular complexity index is 949. The van der Waals surface area contributed by atoms with Crippen molar-refractivity contribution >= 4 is 22.8 Å². The van der Waals surface area contributed by atoms with Gasteiger partial charge in [0.05, 0.1) is 30.1 Å². The second kappa shape index (κ2) is 7.77. The minimum Gasteiger partial charge on any atom is -0.469 e. The second-order valence-corrected chi connectivity index (χ2v) is 5.85. The lowest BCUT2D eigenvalue weighted by Gasteiger charge is -2.07. The van der Waals surface area contributed by atoms with E-state index in [1.807, 2.05) is 43.3 Å². The quantitative estimate of drug-likeness (QED) is 0.544. The number of hydrogen-bond acceptors (Lipinski definition) is 5. The summed E-state index contributed by atoms with van der Waals surface area (Å²) in [4.78, 5) is 28.0. The van der Waals surface area contributed by atoms with Crippen molar-refractivity contribution in [2.45, 2.75) is 19.8 Å². The van der Waals surface area contributed by atoms with Crippen LogP contribution in [0, 0.1) is 6.92 Å². The van der Waals surface area contributed by atoms with E-state index in [1.165, 1.54) is 13.3 Å². The van der Waals surface area contributed by atoms with E-state index in [0.29, 0.717) is 30.0 Å². The predicted molar refractivity (Wildman–Crippen MR) is 97.2 cm³/mol. The fourth-order valence-corrected chi connectivity index (χ4v) is 2.67. The van der Waals surface area contributed by atoms with Crippen molar-refractivity contribution in [2.75, 3.05) is 13.7 Å². The molecule has 2 heterocycles. The highest BCUT2D eigenvalue weighted by Gasteiger charge is 2.15. The van der Waals surface area contributed by atoms with E-state index in [-0.39, 0.29) is 18.3 Å². The Morgan fingerprint density at radius 1 is 1.19 bits per heavy atom. The van der Waals surface area contributed by atoms with Gasteiger partial charge in [0.25, 0.3) is 5.91 Å². The summed E-state index contributed by atoms with van der Waals surface area (Å²) in [6.45, 7) is 2.22. The molecule has 0 bridgehead atoms. The number of hydrogen-bond donors (Lipinski definition) is 1. The van der Waals surface area contributed by atoms with E-state index in [2.05, 4.69) is 20.1 Å². The normalized spacial score (nSPS) is 10.7. The molecule has 7 heteroatoms. The summed E-state index contributed by atoms with van der Waals surface area (Å²) in [5, 5.41) is 8.14. The highest BCUT2D eigenvalue weighted by Crippen LogP contribution is 2.17. The van der Waals surface area contributed by atoms with Gasteiger partial charge in [-0.1, -0.05) is 18.2 Å². The van der Waals surface area contributed by atoms with Gasteiger partial charge in [0, 0.05) is 18.4 Å². The summed E-state index contributed by atoms with van der Waals surface area (Å²) >= 11 is 0. The van der Waals surface area contributed by atoms with Gasteiger partial charge in [-0.05, 0) is 31.5 Å². The number of fused-ring (bicyclic) bond motifs is 1. The fourth-order valence-electron chi connectivity index (χ4n) is 2.67. The maximum absolute atomic E-state index is 12.3. The van der Waals surface area contributed by atoms with Crippen molar-refractivity contribution in [3.63, 3.8) is 0 Å². The van der Waals surface area contributed by atoms with E-state index < -0.39 is 0 Å². The highest BCUT2D eigenvalue weighted by atomic mass is 16.5. The van der Waals surface area contributed by atoms with Crippen molar-refractivity contribution in [3.8, 4) is 5.82 Å². The summed E-state index contributed by atoms with van der Waals surface area (Å²) in [6, 6.07) is 11.7. The molecule has 3 aromatic rings. The molecule has 7 nitrogen and oxygen atoms in total. The van der Waals surface area contributed by atoms with Crippen LogP contribution in [0.15, 0.2) is 42.6 Å². The van der Waals surface area contributed by atoms with Crippen molar-refractivity contribution in [1.29, 1.82) is 0 Å². The molecule has 1 N–H and O–H groups in total. The highest BCUT2D eigenvalue weighted by molar-refractivity contribution is 5.95. The maximum Gasteiger partial charge on any atom is 0.305 e. The molecule has 0 radical (unpaired) electrons. The average molecular weight is 352 g/mol. The van der Waals surface area contributed by atoms with Crippen molar-refractivity contribution in [3.05, 3.63) is 53.9 Å². The van der Waals surface area contributed by atoms with Gasteiger partial charge in [-0.15, -0.1) is 0 Å². The number of esters is 1. The zero-order chi connectivity index (χ0) is 18.5. The van der Waals surface area contributed by atoms with Gasteiger partial charge >= 0.3 is 5.97 Å². The first-order chi connectivity index (χ1) is 12.6. The number of carbonyl (C=O) groups is 2. The van der Waals surface area contributed by atoms with Crippen LogP contribution in [0.4, 0.5) is 0 Å². The van der Waals surface area contributed by atoms with Crippen LogP contribution < -0.4 is 5.32 Å². The Hall–Kier alpha value is -3.22. The van der Waals surface area contributed by atoms with E-state index >= 15 is 0 Å². The number of methoxy groups -OCH3 is 1. The molecular formula is C19H20N4O3. The number of benzene rings is 1. The molecule has 26 heavy (non-hydrogen) atoms. The third-order valence-corrected chi connectivity index (χ3v) is 4.13. The number of nitrogens with zero attached hydrogens (tertiary/aromatic N) is 3. The lowest BCUT2D eigenvalue weighted by atomic mass is 10.2. The molecule has 0 unspecified atom stereocenters. The van der Waals surface area contributed by atoms with E-state index in [1.54, 1.807) is 4.68 Å². The number of nitrogens with one attached hydrogen (secondary N) is 1. The topological polar surface area (TPSA) is 86.1 Å². The van der Waals surface area contributed by atoms with Crippen molar-refractivity contribution < 1.29 is 14.3 Å². The van der Waals surface area contributed by atoms with Crippen LogP contribution in [0.3, 0.4) is 0 Å². The molecule has 0 spiro atoms. The first-order valence-electron chi connectivity index (χ1n) is 8.36. The zero-order valence-electron chi connectivity index (χ0n) is 14.7. The summed E-state index contributed by atoms with van der Waals surface area (Å²) in [5.74, 6) is 0.149. The first kappa shape index (κ1) is 17.6. The summed E-state index contributed by atoms with van der Waals surface area (Å²) < 4.78 is 6.22. The third-order valence-electron chi connectivity index (χ3n) is 4.13. The zero-order valence-corrected chi connectivity index (χ0v) is 14.7. The van der Waals surface area contributed by atoms with Gasteiger partial charge in [-0.25, -0.2) is 9.67 Å². The standard InChI is InChI=1S/C19H20N4O3/c1-13-15(19(25)20-11-5-8-18(24)26-2)12-21-23(13)17-10-9-14-6-3-4-7-16(14)22-17/h3-4,6-7,9-10,12H,5,8,11H2,1-2H3,(H,20,25). The Labute approximate surface area is 151 Å². The minimum atomic E-state index is -0.286. The molecule has 1 aromatic carbocycles. The van der Waals surface area contributed by atoms with Crippen LogP contribution in [0.25, 0.3) is 16.7 Å². The van der Waals surface area contributed by atoms with Crippen LogP contribution in [0.5, 0.6) is 0 Å². The number of pyridine rings is 1. The molecule has 0 aliphatic carbocycles. The van der Waals surface area contributed by atoms with Crippen LogP contribution in [-0.2, 0) is 9.53 Å². The average Bonchev–Trinajstić information content (AvgIpc) is 3.05. The van der Waals surface area contributed by atoms with E-state index in [0.717, 1.165) is 10.9 Å². The van der Waals surface area contributed by atoms with Gasteiger partial charge < -0.3 is 10.1 Å². The Morgan fingerprint density at radius 3 is 2.81 bits per heavy atom. The molecular weight excluding hydrogens is 332 g/mol. The third kappa shape index (κ3) is 3.72. The number of aromatic nitrogens is 3. The van der Waals surface area contributed by atoms with Crippen molar-refractivity contribution in [1.82, 2.24) is 20.1 Å². The number of amides is 1. The molecule has 0 atom stereocenters. The fraction of sp³-hybridized carbons (Fsp3) is 0.263. The van der Waals surface area contributed by atoms with Gasteiger partial charge in [-0.2, -0.15) is 5.10 Å².